The first kappa shape index (κ1) is 11.5. The maximum atomic E-state index is 11.4. The Kier molecular flexibility index (Phi) is 3.35. The first-order valence-electron chi connectivity index (χ1n) is 5.42. The average Bonchev–Trinajstić information content (AvgIpc) is 2.68. The summed E-state index contributed by atoms with van der Waals surface area (Å²) in [6, 6.07) is 9.33. The Morgan fingerprint density at radius 2 is 1.76 bits per heavy atom. The highest BCUT2D eigenvalue weighted by Gasteiger charge is 2.32. The van der Waals surface area contributed by atoms with Gasteiger partial charge in [0.25, 0.3) is 11.8 Å². The van der Waals surface area contributed by atoms with Crippen molar-refractivity contribution in [3.8, 4) is 0 Å². The second-order valence-electron chi connectivity index (χ2n) is 3.75. The van der Waals surface area contributed by atoms with E-state index >= 15 is 0 Å². The molecular weight excluding hydrogens is 218 g/mol. The van der Waals surface area contributed by atoms with Gasteiger partial charge in [0.2, 0.25) is 0 Å². The fraction of sp³-hybridized carbons (Fsp3) is 0.231. The minimum atomic E-state index is -0.484. The maximum Gasteiger partial charge on any atom is 0.254 e. The number of amides is 2. The molecule has 1 heterocycles. The van der Waals surface area contributed by atoms with Gasteiger partial charge in [-0.25, -0.2) is 0 Å². The molecule has 2 amide bonds. The molecule has 0 saturated carbocycles. The van der Waals surface area contributed by atoms with E-state index in [1.165, 1.54) is 0 Å². The first-order chi connectivity index (χ1) is 8.22. The fourth-order valence-electron chi connectivity index (χ4n) is 1.67. The van der Waals surface area contributed by atoms with E-state index in [1.54, 1.807) is 6.08 Å². The van der Waals surface area contributed by atoms with E-state index in [9.17, 15) is 9.59 Å². The number of imide groups is 1. The van der Waals surface area contributed by atoms with Gasteiger partial charge >= 0.3 is 0 Å². The second-order valence-corrected chi connectivity index (χ2v) is 3.75. The van der Waals surface area contributed by atoms with Gasteiger partial charge in [-0.3, -0.25) is 14.4 Å². The van der Waals surface area contributed by atoms with Crippen LogP contribution in [0.3, 0.4) is 0 Å². The molecule has 1 aromatic rings. The Morgan fingerprint density at radius 3 is 2.29 bits per heavy atom. The summed E-state index contributed by atoms with van der Waals surface area (Å²) in [4.78, 5) is 28.2. The van der Waals surface area contributed by atoms with Crippen molar-refractivity contribution in [3.05, 3.63) is 48.6 Å². The third-order valence-corrected chi connectivity index (χ3v) is 2.57. The molecule has 0 aliphatic carbocycles. The van der Waals surface area contributed by atoms with Crippen LogP contribution in [0, 0.1) is 0 Å². The number of hydroxylamine groups is 2. The summed E-state index contributed by atoms with van der Waals surface area (Å²) in [5.41, 5.74) is 0.856. The number of hydrogen-bond donors (Lipinski definition) is 0. The first-order valence-corrected chi connectivity index (χ1v) is 5.42. The largest absolute Gasteiger partial charge is 0.272 e. The number of hydrogen-bond acceptors (Lipinski definition) is 3. The van der Waals surface area contributed by atoms with Gasteiger partial charge in [-0.15, -0.1) is 6.58 Å². The molecule has 17 heavy (non-hydrogen) atoms. The van der Waals surface area contributed by atoms with E-state index in [2.05, 4.69) is 6.58 Å². The van der Waals surface area contributed by atoms with Crippen LogP contribution in [0.2, 0.25) is 0 Å². The van der Waals surface area contributed by atoms with Crippen LogP contribution in [-0.4, -0.2) is 16.9 Å². The fourth-order valence-corrected chi connectivity index (χ4v) is 1.67. The quantitative estimate of drug-likeness (QED) is 0.588. The maximum absolute atomic E-state index is 11.4. The Balaban J connectivity index is 2.13. The van der Waals surface area contributed by atoms with Gasteiger partial charge in [-0.2, -0.15) is 5.06 Å². The Bertz CT molecular complexity index is 425. The molecule has 1 aromatic carbocycles. The van der Waals surface area contributed by atoms with Gasteiger partial charge in [0.1, 0.15) is 6.10 Å². The van der Waals surface area contributed by atoms with E-state index in [0.717, 1.165) is 10.6 Å². The normalized spacial score (nSPS) is 17.3. The summed E-state index contributed by atoms with van der Waals surface area (Å²) in [5, 5.41) is 0.847. The van der Waals surface area contributed by atoms with E-state index < -0.39 is 6.10 Å². The van der Waals surface area contributed by atoms with Crippen LogP contribution in [0.25, 0.3) is 0 Å². The van der Waals surface area contributed by atoms with Crippen LogP contribution in [0.15, 0.2) is 43.0 Å². The van der Waals surface area contributed by atoms with Crippen molar-refractivity contribution >= 4 is 11.8 Å². The monoisotopic (exact) mass is 231 g/mol. The molecule has 0 spiro atoms. The summed E-state index contributed by atoms with van der Waals surface area (Å²) in [7, 11) is 0. The molecule has 4 nitrogen and oxygen atoms in total. The molecule has 1 fully saturated rings. The zero-order valence-electron chi connectivity index (χ0n) is 9.33. The lowest BCUT2D eigenvalue weighted by molar-refractivity contribution is -0.197. The van der Waals surface area contributed by atoms with Crippen molar-refractivity contribution in [2.75, 3.05) is 0 Å². The predicted molar refractivity (Wildman–Crippen MR) is 61.6 cm³/mol. The van der Waals surface area contributed by atoms with Crippen LogP contribution < -0.4 is 0 Å². The Labute approximate surface area is 99.4 Å². The summed E-state index contributed by atoms with van der Waals surface area (Å²) < 4.78 is 0. The van der Waals surface area contributed by atoms with Gasteiger partial charge in [-0.1, -0.05) is 36.4 Å². The Morgan fingerprint density at radius 1 is 1.18 bits per heavy atom. The highest BCUT2D eigenvalue weighted by molar-refractivity contribution is 6.00. The smallest absolute Gasteiger partial charge is 0.254 e. The molecular formula is C13H13NO3. The van der Waals surface area contributed by atoms with Crippen LogP contribution >= 0.6 is 0 Å². The van der Waals surface area contributed by atoms with Crippen molar-refractivity contribution in [1.29, 1.82) is 0 Å². The standard InChI is InChI=1S/C13H13NO3/c1-2-11(10-6-4-3-5-7-10)17-14-12(15)8-9-13(14)16/h2-7,11H,1,8-9H2. The summed E-state index contributed by atoms with van der Waals surface area (Å²) in [6.07, 6.45) is 1.52. The number of carbonyl (C=O) groups excluding carboxylic acids is 2. The lowest BCUT2D eigenvalue weighted by Gasteiger charge is -2.19. The molecule has 0 aromatic heterocycles. The van der Waals surface area contributed by atoms with E-state index in [1.807, 2.05) is 30.3 Å². The lowest BCUT2D eigenvalue weighted by Crippen LogP contribution is -2.30. The second kappa shape index (κ2) is 4.93. The molecule has 1 atom stereocenters. The van der Waals surface area contributed by atoms with Crippen molar-refractivity contribution in [2.24, 2.45) is 0 Å². The zero-order valence-corrected chi connectivity index (χ0v) is 9.33. The SMILES string of the molecule is C=CC(ON1C(=O)CCC1=O)c1ccccc1. The minimum Gasteiger partial charge on any atom is -0.272 e. The molecule has 0 radical (unpaired) electrons. The molecule has 2 rings (SSSR count). The number of carbonyl (C=O) groups is 2. The van der Waals surface area contributed by atoms with Gasteiger partial charge in [0, 0.05) is 12.8 Å². The molecule has 0 N–H and O–H groups in total. The van der Waals surface area contributed by atoms with Gasteiger partial charge in [-0.05, 0) is 5.56 Å². The lowest BCUT2D eigenvalue weighted by atomic mass is 10.1. The highest BCUT2D eigenvalue weighted by Crippen LogP contribution is 2.23. The average molecular weight is 231 g/mol. The van der Waals surface area contributed by atoms with Crippen LogP contribution in [0.4, 0.5) is 0 Å². The summed E-state index contributed by atoms with van der Waals surface area (Å²) >= 11 is 0. The van der Waals surface area contributed by atoms with Gasteiger partial charge in [0.05, 0.1) is 0 Å². The zero-order chi connectivity index (χ0) is 12.3. The summed E-state index contributed by atoms with van der Waals surface area (Å²) in [6.45, 7) is 3.66. The van der Waals surface area contributed by atoms with Crippen LogP contribution in [0.5, 0.6) is 0 Å². The Hall–Kier alpha value is -1.94. The van der Waals surface area contributed by atoms with Crippen molar-refractivity contribution < 1.29 is 14.4 Å². The number of benzene rings is 1. The highest BCUT2D eigenvalue weighted by atomic mass is 16.7. The van der Waals surface area contributed by atoms with Crippen molar-refractivity contribution in [2.45, 2.75) is 18.9 Å². The van der Waals surface area contributed by atoms with Crippen LogP contribution in [0.1, 0.15) is 24.5 Å². The van der Waals surface area contributed by atoms with E-state index in [-0.39, 0.29) is 24.7 Å². The molecule has 1 aliphatic heterocycles. The molecule has 1 aliphatic rings. The molecule has 1 unspecified atom stereocenters. The minimum absolute atomic E-state index is 0.220. The van der Waals surface area contributed by atoms with Crippen LogP contribution in [-0.2, 0) is 14.4 Å². The van der Waals surface area contributed by atoms with Crippen molar-refractivity contribution in [1.82, 2.24) is 5.06 Å². The molecule has 0 bridgehead atoms. The van der Waals surface area contributed by atoms with Gasteiger partial charge < -0.3 is 0 Å². The third-order valence-electron chi connectivity index (χ3n) is 2.57. The van der Waals surface area contributed by atoms with Gasteiger partial charge in [0.15, 0.2) is 0 Å². The van der Waals surface area contributed by atoms with Crippen molar-refractivity contribution in [3.63, 3.8) is 0 Å². The molecule has 88 valence electrons. The predicted octanol–water partition coefficient (Wildman–Crippen LogP) is 1.99. The molecule has 1 saturated heterocycles. The topological polar surface area (TPSA) is 46.6 Å². The third kappa shape index (κ3) is 2.42. The number of nitrogens with zero attached hydrogens (tertiary/aromatic N) is 1. The molecule has 4 heteroatoms. The van der Waals surface area contributed by atoms with E-state index in [0.29, 0.717) is 0 Å². The number of rotatable bonds is 4. The summed E-state index contributed by atoms with van der Waals surface area (Å²) in [5.74, 6) is -0.587. The van der Waals surface area contributed by atoms with E-state index in [4.69, 9.17) is 4.84 Å².